The van der Waals surface area contributed by atoms with E-state index >= 15 is 0 Å². The molecule has 1 aliphatic heterocycles. The Morgan fingerprint density at radius 3 is 2.65 bits per heavy atom. The van der Waals surface area contributed by atoms with Crippen molar-refractivity contribution in [1.29, 1.82) is 0 Å². The van der Waals surface area contributed by atoms with E-state index in [9.17, 15) is 9.90 Å². The van der Waals surface area contributed by atoms with E-state index in [4.69, 9.17) is 5.11 Å². The Balaban J connectivity index is 2.35. The molecule has 1 fully saturated rings. The molecule has 1 aromatic carbocycles. The number of quaternary nitrogens is 1. The molecular weight excluding hydrogens is 256 g/mol. The van der Waals surface area contributed by atoms with Crippen LogP contribution in [0.4, 0.5) is 0 Å². The Morgan fingerprint density at radius 2 is 2.10 bits per heavy atom. The largest absolute Gasteiger partial charge is 0.481 e. The first kappa shape index (κ1) is 15.0. The van der Waals surface area contributed by atoms with Gasteiger partial charge >= 0.3 is 5.97 Å². The smallest absolute Gasteiger partial charge is 0.309 e. The molecule has 0 spiro atoms. The minimum atomic E-state index is -0.815. The Bertz CT molecular complexity index is 463. The van der Waals surface area contributed by atoms with Crippen LogP contribution in [0.2, 0.25) is 0 Å². The van der Waals surface area contributed by atoms with E-state index in [2.05, 4.69) is 4.90 Å². The summed E-state index contributed by atoms with van der Waals surface area (Å²) >= 11 is 0. The van der Waals surface area contributed by atoms with Gasteiger partial charge in [0.2, 0.25) is 0 Å². The van der Waals surface area contributed by atoms with Crippen molar-refractivity contribution in [3.05, 3.63) is 35.9 Å². The molecule has 0 radical (unpaired) electrons. The Hall–Kier alpha value is -1.43. The number of aliphatic hydroxyl groups is 1. The van der Waals surface area contributed by atoms with Crippen LogP contribution in [0.15, 0.2) is 30.3 Å². The van der Waals surface area contributed by atoms with Gasteiger partial charge in [0.25, 0.3) is 0 Å². The van der Waals surface area contributed by atoms with Gasteiger partial charge < -0.3 is 10.2 Å². The van der Waals surface area contributed by atoms with E-state index in [1.807, 2.05) is 37.4 Å². The molecule has 1 aromatic rings. The molecular formula is C15H23N2O3+. The number of carbonyl (C=O) groups is 1. The van der Waals surface area contributed by atoms with Gasteiger partial charge in [-0.15, -0.1) is 0 Å². The first-order valence-corrected chi connectivity index (χ1v) is 6.99. The van der Waals surface area contributed by atoms with Crippen LogP contribution in [0.3, 0.4) is 0 Å². The van der Waals surface area contributed by atoms with Crippen LogP contribution in [-0.2, 0) is 4.79 Å². The predicted octanol–water partition coefficient (Wildman–Crippen LogP) is 1.26. The summed E-state index contributed by atoms with van der Waals surface area (Å²) in [7, 11) is 2.03. The zero-order chi connectivity index (χ0) is 14.8. The minimum absolute atomic E-state index is 0.00977. The lowest BCUT2D eigenvalue weighted by Gasteiger charge is -2.43. The highest BCUT2D eigenvalue weighted by Crippen LogP contribution is 2.38. The zero-order valence-electron chi connectivity index (χ0n) is 12.1. The third-order valence-electron chi connectivity index (χ3n) is 4.36. The number of nitrogens with zero attached hydrogens (tertiary/aromatic N) is 2. The molecule has 3 unspecified atom stereocenters. The first-order chi connectivity index (χ1) is 9.47. The molecule has 0 aromatic heterocycles. The molecule has 110 valence electrons. The molecule has 1 saturated heterocycles. The summed E-state index contributed by atoms with van der Waals surface area (Å²) in [5.41, 5.74) is 1.12. The Morgan fingerprint density at radius 1 is 1.45 bits per heavy atom. The molecule has 5 heteroatoms. The topological polar surface area (TPSA) is 60.8 Å². The average Bonchev–Trinajstić information content (AvgIpc) is 2.76. The van der Waals surface area contributed by atoms with Gasteiger partial charge in [0.05, 0.1) is 26.1 Å². The van der Waals surface area contributed by atoms with Crippen LogP contribution in [0.5, 0.6) is 0 Å². The standard InChI is InChI=1S/C15H22N2O3/c1-12(18)17(10-8-14(19)20)11-9-16(2)15(17)13-6-4-3-5-7-13/h3-7,12,15,18H,8-11H2,1-2H3/p+1. The number of carboxylic acids is 1. The number of hydrogen-bond acceptors (Lipinski definition) is 3. The van der Waals surface area contributed by atoms with Crippen LogP contribution in [0, 0.1) is 0 Å². The van der Waals surface area contributed by atoms with E-state index in [-0.39, 0.29) is 12.6 Å². The van der Waals surface area contributed by atoms with Gasteiger partial charge in [-0.3, -0.25) is 9.28 Å². The molecule has 2 N–H and O–H groups in total. The van der Waals surface area contributed by atoms with Crippen LogP contribution >= 0.6 is 0 Å². The number of aliphatic carboxylic acids is 1. The second kappa shape index (κ2) is 5.91. The lowest BCUT2D eigenvalue weighted by atomic mass is 10.1. The first-order valence-electron chi connectivity index (χ1n) is 6.99. The summed E-state index contributed by atoms with van der Waals surface area (Å²) in [4.78, 5) is 13.1. The molecule has 0 saturated carbocycles. The van der Waals surface area contributed by atoms with Crippen LogP contribution < -0.4 is 0 Å². The fourth-order valence-electron chi connectivity index (χ4n) is 3.27. The van der Waals surface area contributed by atoms with Crippen molar-refractivity contribution >= 4 is 5.97 Å². The monoisotopic (exact) mass is 279 g/mol. The maximum atomic E-state index is 10.9. The number of carboxylic acid groups (broad SMARTS) is 1. The fourth-order valence-corrected chi connectivity index (χ4v) is 3.27. The van der Waals surface area contributed by atoms with E-state index < -0.39 is 12.2 Å². The van der Waals surface area contributed by atoms with Crippen LogP contribution in [-0.4, -0.2) is 58.5 Å². The van der Waals surface area contributed by atoms with Gasteiger partial charge in [0.1, 0.15) is 0 Å². The number of hydrogen-bond donors (Lipinski definition) is 2. The summed E-state index contributed by atoms with van der Waals surface area (Å²) in [5, 5.41) is 19.3. The van der Waals surface area contributed by atoms with Gasteiger partial charge in [-0.2, -0.15) is 0 Å². The number of benzene rings is 1. The van der Waals surface area contributed by atoms with E-state index in [0.717, 1.165) is 18.7 Å². The van der Waals surface area contributed by atoms with Gasteiger partial charge in [0.15, 0.2) is 12.4 Å². The van der Waals surface area contributed by atoms with Gasteiger partial charge in [0, 0.05) is 12.5 Å². The highest BCUT2D eigenvalue weighted by molar-refractivity contribution is 5.66. The van der Waals surface area contributed by atoms with Gasteiger partial charge in [-0.1, -0.05) is 30.3 Å². The minimum Gasteiger partial charge on any atom is -0.481 e. The molecule has 3 atom stereocenters. The summed E-state index contributed by atoms with van der Waals surface area (Å²) < 4.78 is 0.396. The second-order valence-electron chi connectivity index (χ2n) is 5.59. The molecule has 5 nitrogen and oxygen atoms in total. The van der Waals surface area contributed by atoms with Crippen molar-refractivity contribution in [2.45, 2.75) is 25.7 Å². The predicted molar refractivity (Wildman–Crippen MR) is 75.7 cm³/mol. The SMILES string of the molecule is CC(O)[N+]1(CCC(=O)O)CCN(C)C1c1ccccc1. The highest BCUT2D eigenvalue weighted by Gasteiger charge is 2.49. The maximum Gasteiger partial charge on any atom is 0.309 e. The third-order valence-corrected chi connectivity index (χ3v) is 4.36. The number of rotatable bonds is 5. The van der Waals surface area contributed by atoms with Crippen LogP contribution in [0.1, 0.15) is 25.1 Å². The van der Waals surface area contributed by atoms with Crippen LogP contribution in [0.25, 0.3) is 0 Å². The number of aliphatic hydroxyl groups excluding tert-OH is 1. The van der Waals surface area contributed by atoms with Crippen molar-refractivity contribution in [1.82, 2.24) is 4.90 Å². The van der Waals surface area contributed by atoms with Gasteiger partial charge in [-0.05, 0) is 7.05 Å². The summed E-state index contributed by atoms with van der Waals surface area (Å²) in [5.74, 6) is -0.815. The molecule has 1 aliphatic rings. The molecule has 0 aliphatic carbocycles. The van der Waals surface area contributed by atoms with Crippen molar-refractivity contribution in [2.75, 3.05) is 26.7 Å². The third kappa shape index (κ3) is 2.70. The van der Waals surface area contributed by atoms with Crippen molar-refractivity contribution < 1.29 is 19.5 Å². The van der Waals surface area contributed by atoms with E-state index in [1.165, 1.54) is 0 Å². The zero-order valence-corrected chi connectivity index (χ0v) is 12.1. The average molecular weight is 279 g/mol. The molecule has 0 bridgehead atoms. The molecule has 1 heterocycles. The second-order valence-corrected chi connectivity index (χ2v) is 5.59. The molecule has 0 amide bonds. The lowest BCUT2D eigenvalue weighted by molar-refractivity contribution is -0.989. The van der Waals surface area contributed by atoms with Crippen molar-refractivity contribution in [3.63, 3.8) is 0 Å². The fraction of sp³-hybridized carbons (Fsp3) is 0.533. The normalized spacial score (nSPS) is 28.4. The quantitative estimate of drug-likeness (QED) is 0.797. The van der Waals surface area contributed by atoms with Crippen molar-refractivity contribution in [3.8, 4) is 0 Å². The summed E-state index contributed by atoms with van der Waals surface area (Å²) in [6, 6.07) is 10.0. The number of likely N-dealkylation sites (N-methyl/N-ethyl adjacent to an activating group) is 1. The van der Waals surface area contributed by atoms with Crippen molar-refractivity contribution in [2.24, 2.45) is 0 Å². The maximum absolute atomic E-state index is 10.9. The van der Waals surface area contributed by atoms with E-state index in [1.54, 1.807) is 6.92 Å². The summed E-state index contributed by atoms with van der Waals surface area (Å²) in [6.07, 6.45) is -0.512. The summed E-state index contributed by atoms with van der Waals surface area (Å²) in [6.45, 7) is 3.82. The Kier molecular flexibility index (Phi) is 4.42. The molecule has 20 heavy (non-hydrogen) atoms. The Labute approximate surface area is 119 Å². The highest BCUT2D eigenvalue weighted by atomic mass is 16.4. The van der Waals surface area contributed by atoms with Gasteiger partial charge in [-0.25, -0.2) is 4.90 Å². The van der Waals surface area contributed by atoms with E-state index in [0.29, 0.717) is 11.0 Å². The lowest BCUT2D eigenvalue weighted by Crippen LogP contribution is -2.56. The molecule has 2 rings (SSSR count).